The van der Waals surface area contributed by atoms with Gasteiger partial charge in [0.2, 0.25) is 0 Å². The molecule has 0 saturated heterocycles. The van der Waals surface area contributed by atoms with Crippen molar-refractivity contribution in [3.8, 4) is 111 Å². The van der Waals surface area contributed by atoms with E-state index in [-0.39, 0.29) is 98.0 Å². The first-order valence-corrected chi connectivity index (χ1v) is 44.6. The van der Waals surface area contributed by atoms with Gasteiger partial charge in [0.05, 0.1) is 53.5 Å². The van der Waals surface area contributed by atoms with Crippen molar-refractivity contribution in [2.75, 3.05) is 0 Å². The maximum Gasteiger partial charge on any atom is 0.136 e. The van der Waals surface area contributed by atoms with Gasteiger partial charge in [-0.15, -0.1) is 0 Å². The van der Waals surface area contributed by atoms with Crippen molar-refractivity contribution in [1.82, 2.24) is 0 Å². The highest BCUT2D eigenvalue weighted by Crippen LogP contribution is 2.52. The summed E-state index contributed by atoms with van der Waals surface area (Å²) in [6.45, 7) is 0. The second-order valence-electron chi connectivity index (χ2n) is 33.6. The van der Waals surface area contributed by atoms with Crippen LogP contribution in [0.4, 0.5) is 0 Å². The SMILES string of the molecule is [2H]c1c([2H])c([2H])c(-c2c3c([2H])c([2H])c([2H])c([2H])c3c(-c3ccc4oc5cc(-c6cccc(-c7ccc8ccccc8c7)c6)ccc5c4c3)c3c([2H])c([2H])c([2H])c([2H])c23)c([2H])c1[2H].[2H]c1c([2H])c([2H])c(-c2c3c([2H])c([2H])c([2H])c([2H])c3c(-c3ccc4oc5cccc(-c6cccc7ccccc67)c5c4c3)c3c([2H])c([2H])c([2H])c([2H])c23)c([2H])c1[2H].[2H]c1c([2H])c([2H])c(-c2c3c([2H])c([2H])c([2H])c([2H])c3c(-c3cccc4oc5cc(-c6cccc7c6ccc6ccccc67)ccc5c34)c3c([2H])c([2H])c([2H])c([2H])c23)c([2H])c1[2H]. The molecule has 3 heterocycles. The molecule has 0 atom stereocenters. The zero-order chi connectivity index (χ0) is 125. The van der Waals surface area contributed by atoms with Gasteiger partial charge in [0.15, 0.2) is 0 Å². The molecule has 29 rings (SSSR count). The van der Waals surface area contributed by atoms with Gasteiger partial charge >= 0.3 is 0 Å². The van der Waals surface area contributed by atoms with Gasteiger partial charge in [-0.05, 0) is 292 Å². The van der Waals surface area contributed by atoms with Crippen molar-refractivity contribution in [1.29, 1.82) is 0 Å². The lowest BCUT2D eigenvalue weighted by Crippen LogP contribution is -1.91. The van der Waals surface area contributed by atoms with Crippen LogP contribution in [0.1, 0.15) is 53.5 Å². The smallest absolute Gasteiger partial charge is 0.136 e. The molecule has 0 aliphatic carbocycles. The van der Waals surface area contributed by atoms with E-state index in [1.165, 1.54) is 0 Å². The monoisotopic (exact) mass is 1800 g/mol. The van der Waals surface area contributed by atoms with E-state index in [4.69, 9.17) is 50.3 Å². The molecule has 3 nitrogen and oxygen atoms in total. The topological polar surface area (TPSA) is 39.4 Å². The summed E-state index contributed by atoms with van der Waals surface area (Å²) in [6, 6.07) is 62.9. The van der Waals surface area contributed by atoms with Crippen molar-refractivity contribution >= 4 is 174 Å². The summed E-state index contributed by atoms with van der Waals surface area (Å²) >= 11 is 0. The summed E-state index contributed by atoms with van der Waals surface area (Å²) in [5, 5.41) is 10.2. The van der Waals surface area contributed by atoms with E-state index < -0.39 is 252 Å². The Kier molecular flexibility index (Phi) is 12.1. The van der Waals surface area contributed by atoms with Gasteiger partial charge in [-0.25, -0.2) is 0 Å². The average Bonchev–Trinajstić information content (AvgIpc) is 1.33. The maximum absolute atomic E-state index is 9.37. The highest BCUT2D eigenvalue weighted by molar-refractivity contribution is 6.29. The minimum atomic E-state index is -0.719. The minimum absolute atomic E-state index is 0.0495. The van der Waals surface area contributed by atoms with E-state index >= 15 is 0 Å². The summed E-state index contributed by atoms with van der Waals surface area (Å²) in [4.78, 5) is 0. The number of benzene rings is 26. The van der Waals surface area contributed by atoms with Gasteiger partial charge in [0.25, 0.3) is 0 Å². The minimum Gasteiger partial charge on any atom is -0.456 e. The number of hydrogen-bond donors (Lipinski definition) is 0. The second kappa shape index (κ2) is 33.4. The fraction of sp³-hybridized carbons (Fsp3) is 0. The van der Waals surface area contributed by atoms with E-state index in [0.29, 0.717) is 71.7 Å². The molecular formula is C136H84O3. The van der Waals surface area contributed by atoms with Gasteiger partial charge in [-0.2, -0.15) is 0 Å². The Morgan fingerprint density at radius 3 is 1.01 bits per heavy atom. The van der Waals surface area contributed by atoms with Gasteiger partial charge in [-0.1, -0.05) is 436 Å². The van der Waals surface area contributed by atoms with Crippen LogP contribution in [-0.2, 0) is 0 Å². The van der Waals surface area contributed by atoms with Crippen molar-refractivity contribution < 1.29 is 66.7 Å². The zero-order valence-electron chi connectivity index (χ0n) is 112. The van der Waals surface area contributed by atoms with Crippen molar-refractivity contribution in [2.24, 2.45) is 0 Å². The Morgan fingerprint density at radius 1 is 0.129 bits per heavy atom. The third-order valence-electron chi connectivity index (χ3n) is 26.1. The van der Waals surface area contributed by atoms with Crippen LogP contribution in [0.5, 0.6) is 0 Å². The fourth-order valence-corrected chi connectivity index (χ4v) is 20.1. The molecule has 3 heteroatoms. The quantitative estimate of drug-likeness (QED) is 0.101. The molecule has 0 aliphatic rings. The molecule has 0 spiro atoms. The number of furan rings is 3. The predicted molar refractivity (Wildman–Crippen MR) is 591 cm³/mol. The summed E-state index contributed by atoms with van der Waals surface area (Å²) in [5.74, 6) is 0. The van der Waals surface area contributed by atoms with Crippen LogP contribution in [0.3, 0.4) is 0 Å². The Labute approximate surface area is 856 Å². The zero-order valence-corrected chi connectivity index (χ0v) is 72.7. The maximum atomic E-state index is 9.37. The summed E-state index contributed by atoms with van der Waals surface area (Å²) < 4.78 is 364. The van der Waals surface area contributed by atoms with Crippen LogP contribution >= 0.6 is 0 Å². The summed E-state index contributed by atoms with van der Waals surface area (Å²) in [6.07, 6.45) is 0. The molecule has 26 aromatic carbocycles. The largest absolute Gasteiger partial charge is 0.456 e. The third-order valence-corrected chi connectivity index (χ3v) is 26.1. The Balaban J connectivity index is 0.000000125. The van der Waals surface area contributed by atoms with Crippen LogP contribution < -0.4 is 0 Å². The van der Waals surface area contributed by atoms with Crippen LogP contribution in [0.25, 0.3) is 285 Å². The molecule has 646 valence electrons. The molecule has 0 radical (unpaired) electrons. The fourth-order valence-electron chi connectivity index (χ4n) is 20.1. The van der Waals surface area contributed by atoms with Gasteiger partial charge in [-0.3, -0.25) is 0 Å². The van der Waals surface area contributed by atoms with E-state index in [0.717, 1.165) is 98.4 Å². The van der Waals surface area contributed by atoms with E-state index in [2.05, 4.69) is 72.8 Å². The Bertz CT molecular complexity index is 12300. The van der Waals surface area contributed by atoms with Crippen LogP contribution in [0.15, 0.2) is 522 Å². The van der Waals surface area contributed by atoms with E-state index in [1.807, 2.05) is 146 Å². The molecular weight excluding hydrogens is 1680 g/mol. The predicted octanol–water partition coefficient (Wildman–Crippen LogP) is 39.0. The standard InChI is InChI=1S/C48H30O.C46H28O.C42H26O/c1-2-12-32(13-3-1)47-40-17-6-8-19-42(40)48(43-20-9-7-18-41(43)47)38-24-26-45-44(29-38)39-25-23-37(30-46(39)49-45)35-16-10-15-34(28-35)36-22-21-31-11-4-5-14-33(31)27-36;1-2-13-30(14-3-1)44-36-16-6-8-18-38(36)45(39-19-9-7-17-37(39)44)41-22-11-23-42-46(41)40-27-25-31(28-43(40)47-42)33-20-10-21-34-32-15-5-4-12-29(32)24-26-35(33)34;1-2-13-28(14-3-1)40-33-17-6-8-19-35(33)41(36-20-9-7-18-34(36)40)29-24-25-38-37(26-29)42-32(22-11-23-39(42)43-38)31-21-10-15-27-12-4-5-16-30(27)31/h1-30H;1-28H;1-26H/i1D,2D,3D,6D,7D,8D,9D,12D,13D,17D,18D,19D,20D;1D,2D,3D,6D,7D,8D,9D,13D,14D,16D,17D,18D,19D;1D,2D,3D,6D,7D,8D,9D,13D,14D,17D,18D,19D,20D. The second-order valence-corrected chi connectivity index (χ2v) is 33.6. The van der Waals surface area contributed by atoms with Crippen LogP contribution in [-0.4, -0.2) is 0 Å². The molecule has 0 saturated carbocycles. The molecule has 0 bridgehead atoms. The Morgan fingerprint density at radius 2 is 0.460 bits per heavy atom. The van der Waals surface area contributed by atoms with Gasteiger partial charge < -0.3 is 13.3 Å². The normalized spacial score (nSPS) is 15.7. The Hall–Kier alpha value is -18.3. The van der Waals surface area contributed by atoms with Crippen LogP contribution in [0, 0.1) is 0 Å². The molecule has 0 unspecified atom stereocenters. The highest BCUT2D eigenvalue weighted by atomic mass is 16.3. The molecule has 0 N–H and O–H groups in total. The highest BCUT2D eigenvalue weighted by Gasteiger charge is 2.26. The van der Waals surface area contributed by atoms with Gasteiger partial charge in [0.1, 0.15) is 33.5 Å². The van der Waals surface area contributed by atoms with Crippen molar-refractivity contribution in [2.45, 2.75) is 0 Å². The summed E-state index contributed by atoms with van der Waals surface area (Å²) in [5.41, 5.74) is 9.61. The lowest BCUT2D eigenvalue weighted by molar-refractivity contribution is 0.668. The average molecular weight is 1810 g/mol. The number of fused-ring (bicyclic) bond motifs is 20. The number of rotatable bonds is 10. The van der Waals surface area contributed by atoms with E-state index in [9.17, 15) is 16.4 Å². The number of hydrogen-bond acceptors (Lipinski definition) is 3. The molecule has 0 fully saturated rings. The molecule has 3 aromatic heterocycles. The third kappa shape index (κ3) is 13.6. The first kappa shape index (κ1) is 50.2. The van der Waals surface area contributed by atoms with Crippen LogP contribution in [0.2, 0.25) is 0 Å². The molecule has 29 aromatic rings. The lowest BCUT2D eigenvalue weighted by Gasteiger charge is -2.18. The lowest BCUT2D eigenvalue weighted by atomic mass is 9.85. The van der Waals surface area contributed by atoms with Crippen molar-refractivity contribution in [3.05, 3.63) is 509 Å². The molecule has 0 amide bonds. The molecule has 139 heavy (non-hydrogen) atoms. The van der Waals surface area contributed by atoms with E-state index in [1.54, 1.807) is 54.6 Å². The first-order chi connectivity index (χ1) is 85.1. The van der Waals surface area contributed by atoms with Crippen molar-refractivity contribution in [3.63, 3.8) is 0 Å². The van der Waals surface area contributed by atoms with Gasteiger partial charge in [0, 0.05) is 32.3 Å². The first-order valence-electron chi connectivity index (χ1n) is 64.1. The molecule has 0 aliphatic heterocycles. The summed E-state index contributed by atoms with van der Waals surface area (Å²) in [7, 11) is 0.